The van der Waals surface area contributed by atoms with E-state index in [1.807, 2.05) is 0 Å². The fourth-order valence-corrected chi connectivity index (χ4v) is 2.64. The molecule has 0 bridgehead atoms. The third kappa shape index (κ3) is 1.88. The van der Waals surface area contributed by atoms with Crippen LogP contribution in [0.15, 0.2) is 18.7 Å². The van der Waals surface area contributed by atoms with Gasteiger partial charge >= 0.3 is 0 Å². The van der Waals surface area contributed by atoms with Crippen molar-refractivity contribution < 1.29 is 4.79 Å². The number of hydrogen-bond donors (Lipinski definition) is 0. The highest BCUT2D eigenvalue weighted by Gasteiger charge is 2.24. The predicted octanol–water partition coefficient (Wildman–Crippen LogP) is 1.55. The molecule has 1 atom stereocenters. The van der Waals surface area contributed by atoms with Gasteiger partial charge in [0.25, 0.3) is 0 Å². The van der Waals surface area contributed by atoms with Crippen LogP contribution in [0.1, 0.15) is 23.2 Å². The number of carbonyl (C=O) groups excluding carboxylic acids is 1. The van der Waals surface area contributed by atoms with E-state index in [1.165, 1.54) is 6.33 Å². The molecule has 0 N–H and O–H groups in total. The lowest BCUT2D eigenvalue weighted by Gasteiger charge is -2.05. The topological polar surface area (TPSA) is 42.9 Å². The number of Topliss-reactive ketones (excluding diaryl/α,β-unsaturated/α-hetero) is 1. The average molecular weight is 194 g/mol. The second-order valence-electron chi connectivity index (χ2n) is 2.99. The summed E-state index contributed by atoms with van der Waals surface area (Å²) in [7, 11) is 0. The summed E-state index contributed by atoms with van der Waals surface area (Å²) in [6.07, 6.45) is 6.77. The number of thioether (sulfide) groups is 1. The molecule has 0 saturated carbocycles. The van der Waals surface area contributed by atoms with Gasteiger partial charge in [0.15, 0.2) is 5.78 Å². The fourth-order valence-electron chi connectivity index (χ4n) is 1.40. The molecule has 0 aromatic carbocycles. The first-order valence-corrected chi connectivity index (χ1v) is 5.33. The summed E-state index contributed by atoms with van der Waals surface area (Å²) >= 11 is 1.74. The van der Waals surface area contributed by atoms with Crippen LogP contribution >= 0.6 is 11.8 Å². The van der Waals surface area contributed by atoms with Gasteiger partial charge < -0.3 is 0 Å². The Kier molecular flexibility index (Phi) is 2.59. The molecule has 1 fully saturated rings. The maximum Gasteiger partial charge on any atom is 0.178 e. The van der Waals surface area contributed by atoms with E-state index in [-0.39, 0.29) is 11.0 Å². The maximum absolute atomic E-state index is 11.7. The number of carbonyl (C=O) groups is 1. The molecule has 3 nitrogen and oxygen atoms in total. The van der Waals surface area contributed by atoms with Crippen molar-refractivity contribution >= 4 is 17.5 Å². The molecule has 0 spiro atoms. The lowest BCUT2D eigenvalue weighted by Crippen LogP contribution is -2.14. The van der Waals surface area contributed by atoms with E-state index >= 15 is 0 Å². The van der Waals surface area contributed by atoms with Crippen LogP contribution in [0.2, 0.25) is 0 Å². The lowest BCUT2D eigenvalue weighted by molar-refractivity contribution is 0.0988. The number of hydrogen-bond acceptors (Lipinski definition) is 4. The van der Waals surface area contributed by atoms with Gasteiger partial charge in [-0.2, -0.15) is 11.8 Å². The van der Waals surface area contributed by atoms with Gasteiger partial charge in [0.2, 0.25) is 0 Å². The summed E-state index contributed by atoms with van der Waals surface area (Å²) in [6.45, 7) is 0. The molecular formula is C9H10N2OS. The van der Waals surface area contributed by atoms with Crippen molar-refractivity contribution in [2.24, 2.45) is 0 Å². The molecule has 4 heteroatoms. The van der Waals surface area contributed by atoms with E-state index in [0.29, 0.717) is 5.56 Å². The number of nitrogens with zero attached hydrogens (tertiary/aromatic N) is 2. The van der Waals surface area contributed by atoms with Crippen LogP contribution < -0.4 is 0 Å². The Balaban J connectivity index is 2.13. The van der Waals surface area contributed by atoms with Gasteiger partial charge in [-0.05, 0) is 18.6 Å². The van der Waals surface area contributed by atoms with Gasteiger partial charge in [-0.1, -0.05) is 0 Å². The van der Waals surface area contributed by atoms with Crippen molar-refractivity contribution in [2.45, 2.75) is 18.1 Å². The molecule has 0 aliphatic carbocycles. The minimum atomic E-state index is 0.144. The Bertz CT molecular complexity index is 296. The van der Waals surface area contributed by atoms with Gasteiger partial charge in [0.05, 0.1) is 10.8 Å². The van der Waals surface area contributed by atoms with E-state index in [0.717, 1.165) is 18.6 Å². The molecule has 1 saturated heterocycles. The quantitative estimate of drug-likeness (QED) is 0.670. The fraction of sp³-hybridized carbons (Fsp3) is 0.444. The minimum absolute atomic E-state index is 0.144. The van der Waals surface area contributed by atoms with E-state index in [4.69, 9.17) is 0 Å². The molecule has 2 rings (SSSR count). The van der Waals surface area contributed by atoms with Crippen molar-refractivity contribution in [2.75, 3.05) is 5.75 Å². The highest BCUT2D eigenvalue weighted by Crippen LogP contribution is 2.28. The second-order valence-corrected chi connectivity index (χ2v) is 4.30. The Labute approximate surface area is 81.0 Å². The van der Waals surface area contributed by atoms with Crippen molar-refractivity contribution in [3.8, 4) is 0 Å². The van der Waals surface area contributed by atoms with Crippen LogP contribution in [0.3, 0.4) is 0 Å². The largest absolute Gasteiger partial charge is 0.293 e. The Morgan fingerprint density at radius 1 is 1.46 bits per heavy atom. The summed E-state index contributed by atoms with van der Waals surface area (Å²) in [5, 5.41) is 0.144. The summed E-state index contributed by atoms with van der Waals surface area (Å²) in [6, 6.07) is 0. The first-order chi connectivity index (χ1) is 6.38. The van der Waals surface area contributed by atoms with Crippen LogP contribution in [0.5, 0.6) is 0 Å². The molecule has 1 aliphatic heterocycles. The number of aromatic nitrogens is 2. The summed E-state index contributed by atoms with van der Waals surface area (Å²) < 4.78 is 0. The monoisotopic (exact) mass is 194 g/mol. The first kappa shape index (κ1) is 8.69. The van der Waals surface area contributed by atoms with Crippen LogP contribution in [0, 0.1) is 0 Å². The number of rotatable bonds is 2. The summed E-state index contributed by atoms with van der Waals surface area (Å²) in [5.41, 5.74) is 0.641. The van der Waals surface area contributed by atoms with Crippen LogP contribution in [-0.2, 0) is 0 Å². The smallest absolute Gasteiger partial charge is 0.178 e. The van der Waals surface area contributed by atoms with Gasteiger partial charge in [-0.25, -0.2) is 9.97 Å². The van der Waals surface area contributed by atoms with Crippen molar-refractivity contribution in [1.82, 2.24) is 9.97 Å². The van der Waals surface area contributed by atoms with E-state index in [2.05, 4.69) is 9.97 Å². The summed E-state index contributed by atoms with van der Waals surface area (Å²) in [5.74, 6) is 1.28. The third-order valence-corrected chi connectivity index (χ3v) is 3.44. The molecule has 2 heterocycles. The van der Waals surface area contributed by atoms with E-state index < -0.39 is 0 Å². The van der Waals surface area contributed by atoms with Crippen LogP contribution in [-0.4, -0.2) is 26.8 Å². The zero-order chi connectivity index (χ0) is 9.10. The molecule has 0 amide bonds. The Morgan fingerprint density at radius 3 is 2.85 bits per heavy atom. The molecule has 0 radical (unpaired) electrons. The molecule has 13 heavy (non-hydrogen) atoms. The van der Waals surface area contributed by atoms with Gasteiger partial charge in [0, 0.05) is 12.4 Å². The van der Waals surface area contributed by atoms with Crippen LogP contribution in [0.25, 0.3) is 0 Å². The standard InChI is InChI=1S/C9H10N2OS/c12-9(8-2-1-3-13-8)7-4-10-6-11-5-7/h4-6,8H,1-3H2. The zero-order valence-corrected chi connectivity index (χ0v) is 7.96. The molecule has 1 aliphatic rings. The second kappa shape index (κ2) is 3.87. The minimum Gasteiger partial charge on any atom is -0.293 e. The normalized spacial score (nSPS) is 21.7. The van der Waals surface area contributed by atoms with Crippen LogP contribution in [0.4, 0.5) is 0 Å². The molecular weight excluding hydrogens is 184 g/mol. The molecule has 1 aromatic rings. The Hall–Kier alpha value is -0.900. The van der Waals surface area contributed by atoms with E-state index in [1.54, 1.807) is 24.2 Å². The third-order valence-electron chi connectivity index (χ3n) is 2.07. The van der Waals surface area contributed by atoms with Gasteiger partial charge in [-0.15, -0.1) is 0 Å². The zero-order valence-electron chi connectivity index (χ0n) is 7.14. The Morgan fingerprint density at radius 2 is 2.23 bits per heavy atom. The van der Waals surface area contributed by atoms with Crippen molar-refractivity contribution in [3.63, 3.8) is 0 Å². The molecule has 68 valence electrons. The SMILES string of the molecule is O=C(c1cncnc1)C1CCCS1. The maximum atomic E-state index is 11.7. The highest BCUT2D eigenvalue weighted by atomic mass is 32.2. The predicted molar refractivity (Wildman–Crippen MR) is 51.8 cm³/mol. The summed E-state index contributed by atoms with van der Waals surface area (Å²) in [4.78, 5) is 19.4. The van der Waals surface area contributed by atoms with Crippen molar-refractivity contribution in [1.29, 1.82) is 0 Å². The average Bonchev–Trinajstić information content (AvgIpc) is 2.71. The number of ketones is 1. The molecule has 1 aromatic heterocycles. The lowest BCUT2D eigenvalue weighted by atomic mass is 10.1. The molecule has 1 unspecified atom stereocenters. The van der Waals surface area contributed by atoms with Gasteiger partial charge in [-0.3, -0.25) is 4.79 Å². The van der Waals surface area contributed by atoms with Crippen molar-refractivity contribution in [3.05, 3.63) is 24.3 Å². The first-order valence-electron chi connectivity index (χ1n) is 4.29. The van der Waals surface area contributed by atoms with E-state index in [9.17, 15) is 4.79 Å². The van der Waals surface area contributed by atoms with Gasteiger partial charge in [0.1, 0.15) is 6.33 Å². The highest BCUT2D eigenvalue weighted by molar-refractivity contribution is 8.00.